The van der Waals surface area contributed by atoms with Gasteiger partial charge in [0, 0.05) is 24.2 Å². The van der Waals surface area contributed by atoms with Gasteiger partial charge in [-0.3, -0.25) is 4.79 Å². The van der Waals surface area contributed by atoms with Crippen molar-refractivity contribution in [3.8, 4) is 11.3 Å². The molecule has 0 spiro atoms. The van der Waals surface area contributed by atoms with Crippen LogP contribution < -0.4 is 4.90 Å². The van der Waals surface area contributed by atoms with Gasteiger partial charge in [-0.2, -0.15) is 14.6 Å². The zero-order valence-electron chi connectivity index (χ0n) is 13.9. The Labute approximate surface area is 144 Å². The third-order valence-corrected chi connectivity index (χ3v) is 4.83. The fourth-order valence-corrected chi connectivity index (χ4v) is 3.39. The van der Waals surface area contributed by atoms with Gasteiger partial charge in [0.1, 0.15) is 12.1 Å². The smallest absolute Gasteiger partial charge is 0.308 e. The molecule has 1 aliphatic rings. The Kier molecular flexibility index (Phi) is 3.83. The quantitative estimate of drug-likeness (QED) is 0.790. The Morgan fingerprint density at radius 1 is 1.24 bits per heavy atom. The Balaban J connectivity index is 1.82. The summed E-state index contributed by atoms with van der Waals surface area (Å²) in [6.07, 6.45) is 3.00. The van der Waals surface area contributed by atoms with E-state index in [1.165, 1.54) is 6.33 Å². The maximum Gasteiger partial charge on any atom is 0.308 e. The van der Waals surface area contributed by atoms with E-state index < -0.39 is 5.97 Å². The molecule has 1 saturated heterocycles. The number of aromatic nitrogens is 4. The molecule has 0 amide bonds. The molecule has 2 aromatic heterocycles. The van der Waals surface area contributed by atoms with Crippen molar-refractivity contribution in [3.63, 3.8) is 0 Å². The molecule has 1 aliphatic heterocycles. The number of rotatable bonds is 3. The second-order valence-corrected chi connectivity index (χ2v) is 6.45. The molecule has 2 atom stereocenters. The van der Waals surface area contributed by atoms with Crippen molar-refractivity contribution in [1.82, 2.24) is 19.6 Å². The number of hydrogen-bond acceptors (Lipinski definition) is 5. The summed E-state index contributed by atoms with van der Waals surface area (Å²) >= 11 is 0. The van der Waals surface area contributed by atoms with E-state index >= 15 is 0 Å². The van der Waals surface area contributed by atoms with Gasteiger partial charge < -0.3 is 10.0 Å². The summed E-state index contributed by atoms with van der Waals surface area (Å²) in [5, 5.41) is 13.7. The molecule has 25 heavy (non-hydrogen) atoms. The van der Waals surface area contributed by atoms with Crippen molar-refractivity contribution >= 4 is 17.6 Å². The lowest BCUT2D eigenvalue weighted by atomic mass is 9.93. The first-order chi connectivity index (χ1) is 12.1. The van der Waals surface area contributed by atoms with E-state index in [1.807, 2.05) is 36.4 Å². The zero-order chi connectivity index (χ0) is 17.4. The van der Waals surface area contributed by atoms with Crippen LogP contribution in [-0.4, -0.2) is 43.2 Å². The summed E-state index contributed by atoms with van der Waals surface area (Å²) in [7, 11) is 0. The molecular weight excluding hydrogens is 318 g/mol. The topological polar surface area (TPSA) is 83.6 Å². The van der Waals surface area contributed by atoms with Crippen molar-refractivity contribution in [1.29, 1.82) is 0 Å². The van der Waals surface area contributed by atoms with Crippen LogP contribution in [0.25, 0.3) is 17.0 Å². The molecular formula is C18H19N5O2. The second-order valence-electron chi connectivity index (χ2n) is 6.45. The van der Waals surface area contributed by atoms with Crippen LogP contribution in [0.15, 0.2) is 42.7 Å². The molecule has 1 fully saturated rings. The van der Waals surface area contributed by atoms with Gasteiger partial charge in [0.05, 0.1) is 11.6 Å². The van der Waals surface area contributed by atoms with Gasteiger partial charge in [-0.05, 0) is 19.8 Å². The Hall–Kier alpha value is -2.96. The van der Waals surface area contributed by atoms with Crippen LogP contribution in [0.5, 0.6) is 0 Å². The number of nitrogens with zero attached hydrogens (tertiary/aromatic N) is 5. The fourth-order valence-electron chi connectivity index (χ4n) is 3.39. The monoisotopic (exact) mass is 337 g/mol. The first-order valence-electron chi connectivity index (χ1n) is 8.39. The lowest BCUT2D eigenvalue weighted by molar-refractivity contribution is -0.142. The molecule has 0 radical (unpaired) electrons. The van der Waals surface area contributed by atoms with Gasteiger partial charge >= 0.3 is 5.97 Å². The third kappa shape index (κ3) is 2.82. The Morgan fingerprint density at radius 2 is 2.04 bits per heavy atom. The van der Waals surface area contributed by atoms with Gasteiger partial charge in [-0.15, -0.1) is 0 Å². The summed E-state index contributed by atoms with van der Waals surface area (Å²) < 4.78 is 1.69. The summed E-state index contributed by atoms with van der Waals surface area (Å²) in [5.74, 6) is 0.230. The van der Waals surface area contributed by atoms with Gasteiger partial charge in [-0.1, -0.05) is 30.3 Å². The van der Waals surface area contributed by atoms with Crippen LogP contribution in [0.2, 0.25) is 0 Å². The van der Waals surface area contributed by atoms with Crippen molar-refractivity contribution in [2.45, 2.75) is 25.8 Å². The molecule has 128 valence electrons. The largest absolute Gasteiger partial charge is 0.481 e. The number of hydrogen-bond donors (Lipinski definition) is 1. The number of carboxylic acid groups (broad SMARTS) is 1. The Bertz CT molecular complexity index is 908. The van der Waals surface area contributed by atoms with Crippen molar-refractivity contribution in [3.05, 3.63) is 42.7 Å². The van der Waals surface area contributed by atoms with Gasteiger partial charge in [0.25, 0.3) is 5.78 Å². The molecule has 1 N–H and O–H groups in total. The predicted octanol–water partition coefficient (Wildman–Crippen LogP) is 2.48. The number of carbonyl (C=O) groups is 1. The highest BCUT2D eigenvalue weighted by Crippen LogP contribution is 2.30. The third-order valence-electron chi connectivity index (χ3n) is 4.83. The van der Waals surface area contributed by atoms with Crippen molar-refractivity contribution in [2.24, 2.45) is 5.92 Å². The number of fused-ring (bicyclic) bond motifs is 1. The predicted molar refractivity (Wildman–Crippen MR) is 93.4 cm³/mol. The first-order valence-corrected chi connectivity index (χ1v) is 8.39. The van der Waals surface area contributed by atoms with Crippen LogP contribution in [0.1, 0.15) is 19.8 Å². The van der Waals surface area contributed by atoms with Crippen LogP contribution in [0.3, 0.4) is 0 Å². The highest BCUT2D eigenvalue weighted by atomic mass is 16.4. The molecule has 7 nitrogen and oxygen atoms in total. The number of piperidine rings is 1. The standard InChI is InChI=1S/C18H19N5O2/c1-12-7-8-14(17(24)25)10-22(12)16-9-15(13-5-3-2-4-6-13)21-18-19-11-20-23(16)18/h2-6,9,11-12,14H,7-8,10H2,1H3,(H,24,25). The first kappa shape index (κ1) is 15.6. The molecule has 7 heteroatoms. The average Bonchev–Trinajstić information content (AvgIpc) is 3.10. The maximum absolute atomic E-state index is 11.5. The molecule has 3 heterocycles. The van der Waals surface area contributed by atoms with E-state index in [-0.39, 0.29) is 12.0 Å². The van der Waals surface area contributed by atoms with Gasteiger partial charge in [0.15, 0.2) is 0 Å². The zero-order valence-corrected chi connectivity index (χ0v) is 13.9. The van der Waals surface area contributed by atoms with Crippen LogP contribution in [-0.2, 0) is 4.79 Å². The van der Waals surface area contributed by atoms with E-state index in [1.54, 1.807) is 4.52 Å². The molecule has 4 rings (SSSR count). The molecule has 0 bridgehead atoms. The number of aliphatic carboxylic acids is 1. The highest BCUT2D eigenvalue weighted by molar-refractivity contribution is 5.72. The van der Waals surface area contributed by atoms with Gasteiger partial charge in [-0.25, -0.2) is 4.98 Å². The van der Waals surface area contributed by atoms with Crippen LogP contribution in [0.4, 0.5) is 5.82 Å². The Morgan fingerprint density at radius 3 is 2.80 bits per heavy atom. The van der Waals surface area contributed by atoms with E-state index in [0.717, 1.165) is 23.5 Å². The lowest BCUT2D eigenvalue weighted by Crippen LogP contribution is -2.45. The van der Waals surface area contributed by atoms with E-state index in [2.05, 4.69) is 26.9 Å². The minimum Gasteiger partial charge on any atom is -0.481 e. The normalized spacial score (nSPS) is 20.8. The van der Waals surface area contributed by atoms with Crippen LogP contribution in [0, 0.1) is 5.92 Å². The lowest BCUT2D eigenvalue weighted by Gasteiger charge is -2.38. The molecule has 2 unspecified atom stereocenters. The number of anilines is 1. The average molecular weight is 337 g/mol. The van der Waals surface area contributed by atoms with Crippen molar-refractivity contribution < 1.29 is 9.90 Å². The highest BCUT2D eigenvalue weighted by Gasteiger charge is 2.31. The number of carboxylic acids is 1. The SMILES string of the molecule is CC1CCC(C(=O)O)CN1c1cc(-c2ccccc2)nc2ncnn12. The molecule has 0 saturated carbocycles. The fraction of sp³-hybridized carbons (Fsp3) is 0.333. The van der Waals surface area contributed by atoms with Crippen LogP contribution >= 0.6 is 0 Å². The van der Waals surface area contributed by atoms with Gasteiger partial charge in [0.2, 0.25) is 0 Å². The maximum atomic E-state index is 11.5. The van der Waals surface area contributed by atoms with E-state index in [9.17, 15) is 9.90 Å². The molecule has 0 aliphatic carbocycles. The summed E-state index contributed by atoms with van der Waals surface area (Å²) in [6, 6.07) is 12.1. The van der Waals surface area contributed by atoms with Crippen molar-refractivity contribution in [2.75, 3.05) is 11.4 Å². The minimum atomic E-state index is -0.746. The molecule has 3 aromatic rings. The molecule has 1 aromatic carbocycles. The second kappa shape index (κ2) is 6.16. The summed E-state index contributed by atoms with van der Waals surface area (Å²) in [5.41, 5.74) is 1.80. The number of benzene rings is 1. The minimum absolute atomic E-state index is 0.231. The summed E-state index contributed by atoms with van der Waals surface area (Å²) in [6.45, 7) is 2.58. The van der Waals surface area contributed by atoms with E-state index in [4.69, 9.17) is 0 Å². The van der Waals surface area contributed by atoms with E-state index in [0.29, 0.717) is 18.7 Å². The summed E-state index contributed by atoms with van der Waals surface area (Å²) in [4.78, 5) is 22.4.